The van der Waals surface area contributed by atoms with Crippen molar-refractivity contribution in [3.63, 3.8) is 0 Å². The van der Waals surface area contributed by atoms with Crippen LogP contribution in [0, 0.1) is 0 Å². The number of thioether (sulfide) groups is 1. The van der Waals surface area contributed by atoms with Crippen LogP contribution in [0.4, 0.5) is 0 Å². The highest BCUT2D eigenvalue weighted by molar-refractivity contribution is 8.16. The summed E-state index contributed by atoms with van der Waals surface area (Å²) in [5, 5.41) is 5.79. The van der Waals surface area contributed by atoms with Gasteiger partial charge in [-0.05, 0) is 69.8 Å². The van der Waals surface area contributed by atoms with Crippen LogP contribution in [0.25, 0.3) is 0 Å². The van der Waals surface area contributed by atoms with Crippen LogP contribution in [0.2, 0.25) is 0 Å². The number of ether oxygens (including phenoxy) is 2. The smallest absolute Gasteiger partial charge is 0.338 e. The second-order valence-corrected chi connectivity index (χ2v) is 9.82. The number of methoxy groups -OCH3 is 1. The van der Waals surface area contributed by atoms with Gasteiger partial charge in [0, 0.05) is 18.3 Å². The normalized spacial score (nSPS) is 22.0. The lowest BCUT2D eigenvalue weighted by atomic mass is 9.93. The van der Waals surface area contributed by atoms with Crippen molar-refractivity contribution in [2.75, 3.05) is 33.9 Å². The minimum absolute atomic E-state index is 0.0351. The van der Waals surface area contributed by atoms with Gasteiger partial charge < -0.3 is 24.6 Å². The summed E-state index contributed by atoms with van der Waals surface area (Å²) < 4.78 is 10.8. The third-order valence-corrected chi connectivity index (χ3v) is 7.61. The number of esters is 1. The topological polar surface area (TPSA) is 83.5 Å². The summed E-state index contributed by atoms with van der Waals surface area (Å²) in [6.07, 6.45) is 3.57. The molecule has 0 radical (unpaired) electrons. The average molecular weight is 499 g/mol. The molecule has 1 N–H and O–H groups in total. The number of carbonyl (C=O) groups is 2. The number of hydrogen-bond donors (Lipinski definition) is 1. The van der Waals surface area contributed by atoms with Crippen LogP contribution in [0.3, 0.4) is 0 Å². The van der Waals surface area contributed by atoms with Crippen molar-refractivity contribution in [2.24, 2.45) is 4.99 Å². The Labute approximate surface area is 211 Å². The van der Waals surface area contributed by atoms with Crippen LogP contribution in [0.1, 0.15) is 51.1 Å². The number of nitrogens with one attached hydrogen (secondary N) is 1. The number of fused-ring (bicyclic) bond motifs is 1. The van der Waals surface area contributed by atoms with Gasteiger partial charge in [0.05, 0.1) is 37.4 Å². The Morgan fingerprint density at radius 1 is 1.31 bits per heavy atom. The average Bonchev–Trinajstić information content (AvgIpc) is 3.43. The van der Waals surface area contributed by atoms with E-state index in [1.165, 1.54) is 24.6 Å². The number of hydrogen-bond acceptors (Lipinski definition) is 8. The number of likely N-dealkylation sites (tertiary alicyclic amines) is 1. The maximum atomic E-state index is 13.0. The highest BCUT2D eigenvalue weighted by Gasteiger charge is 2.41. The zero-order chi connectivity index (χ0) is 24.9. The van der Waals surface area contributed by atoms with E-state index in [-0.39, 0.29) is 18.9 Å². The first-order valence-electron chi connectivity index (χ1n) is 12.1. The largest absolute Gasteiger partial charge is 0.497 e. The minimum atomic E-state index is -0.460. The van der Waals surface area contributed by atoms with E-state index in [1.54, 1.807) is 14.0 Å². The number of aliphatic imine (C=N–C) groups is 1. The Hall–Kier alpha value is -2.78. The molecule has 0 aliphatic carbocycles. The molecule has 0 bridgehead atoms. The lowest BCUT2D eigenvalue weighted by molar-refractivity contribution is -0.139. The van der Waals surface area contributed by atoms with Gasteiger partial charge in [0.15, 0.2) is 5.17 Å². The van der Waals surface area contributed by atoms with Gasteiger partial charge in [0.25, 0.3) is 0 Å². The maximum Gasteiger partial charge on any atom is 0.338 e. The predicted molar refractivity (Wildman–Crippen MR) is 138 cm³/mol. The highest BCUT2D eigenvalue weighted by Crippen LogP contribution is 2.45. The van der Waals surface area contributed by atoms with Crippen LogP contribution in [0.15, 0.2) is 51.6 Å². The Morgan fingerprint density at radius 2 is 2.14 bits per heavy atom. The fourth-order valence-corrected chi connectivity index (χ4v) is 5.88. The Morgan fingerprint density at radius 3 is 2.86 bits per heavy atom. The predicted octanol–water partition coefficient (Wildman–Crippen LogP) is 3.82. The minimum Gasteiger partial charge on any atom is -0.497 e. The lowest BCUT2D eigenvalue weighted by Gasteiger charge is -2.36. The van der Waals surface area contributed by atoms with Gasteiger partial charge in [-0.25, -0.2) is 9.79 Å². The molecule has 35 heavy (non-hydrogen) atoms. The van der Waals surface area contributed by atoms with Crippen LogP contribution in [0.5, 0.6) is 5.75 Å². The molecule has 188 valence electrons. The van der Waals surface area contributed by atoms with Gasteiger partial charge in [-0.2, -0.15) is 0 Å². The van der Waals surface area contributed by atoms with Crippen LogP contribution >= 0.6 is 11.8 Å². The molecule has 3 aliphatic heterocycles. The van der Waals surface area contributed by atoms with Gasteiger partial charge in [-0.15, -0.1) is 0 Å². The number of carbonyl (C=O) groups excluding carboxylic acids is 2. The van der Waals surface area contributed by atoms with Gasteiger partial charge >= 0.3 is 5.97 Å². The van der Waals surface area contributed by atoms with Crippen molar-refractivity contribution in [3.8, 4) is 5.75 Å². The van der Waals surface area contributed by atoms with Crippen molar-refractivity contribution in [3.05, 3.63) is 52.2 Å². The molecule has 0 unspecified atom stereocenters. The molecule has 1 saturated heterocycles. The Bertz CT molecular complexity index is 1070. The third kappa shape index (κ3) is 5.56. The third-order valence-electron chi connectivity index (χ3n) is 6.72. The zero-order valence-electron chi connectivity index (χ0n) is 20.9. The van der Waals surface area contributed by atoms with Gasteiger partial charge in [0.1, 0.15) is 5.75 Å². The summed E-state index contributed by atoms with van der Waals surface area (Å²) >= 11 is 1.47. The molecule has 0 saturated carbocycles. The molecular formula is C26H34N4O4S. The molecule has 0 aromatic heterocycles. The molecule has 4 rings (SSSR count). The van der Waals surface area contributed by atoms with Crippen LogP contribution < -0.4 is 10.1 Å². The lowest BCUT2D eigenvalue weighted by Crippen LogP contribution is -2.38. The van der Waals surface area contributed by atoms with Crippen molar-refractivity contribution in [1.82, 2.24) is 15.1 Å². The van der Waals surface area contributed by atoms with Crippen molar-refractivity contribution >= 4 is 28.8 Å². The summed E-state index contributed by atoms with van der Waals surface area (Å²) in [5.74, 6) is 0.258. The van der Waals surface area contributed by atoms with E-state index in [9.17, 15) is 9.59 Å². The van der Waals surface area contributed by atoms with Gasteiger partial charge in [-0.1, -0.05) is 23.9 Å². The standard InChI is InChI=1S/C26H34N4O4S/c1-5-34-25(32)23-17(2)28-26-30(24(23)18-8-6-10-21(14-18)33-4)20(16-35-26)15-22(31)27-12-11-19-9-7-13-29(19)3/h6,8,10,14,16,19,24H,5,7,9,11-13,15H2,1-4H3,(H,27,31)/t19-,24+/m0/s1. The highest BCUT2D eigenvalue weighted by atomic mass is 32.2. The monoisotopic (exact) mass is 498 g/mol. The van der Waals surface area contributed by atoms with Gasteiger partial charge in [-0.3, -0.25) is 4.79 Å². The number of allylic oxidation sites excluding steroid dienone is 1. The Kier molecular flexibility index (Phi) is 8.18. The number of amides is 1. The molecular weight excluding hydrogens is 464 g/mol. The molecule has 3 aliphatic rings. The maximum absolute atomic E-state index is 13.0. The summed E-state index contributed by atoms with van der Waals surface area (Å²) in [7, 11) is 3.76. The summed E-state index contributed by atoms with van der Waals surface area (Å²) in [6, 6.07) is 7.72. The molecule has 0 spiro atoms. The fourth-order valence-electron chi connectivity index (χ4n) is 4.92. The van der Waals surface area contributed by atoms with E-state index < -0.39 is 12.0 Å². The SMILES string of the molecule is CCOC(=O)C1=C(C)N=C2SC=C(CC(=O)NCC[C@@H]3CCCN3C)N2[C@@H]1c1cccc(OC)c1. The quantitative estimate of drug-likeness (QED) is 0.518. The van der Waals surface area contributed by atoms with Crippen molar-refractivity contribution in [1.29, 1.82) is 0 Å². The Balaban J connectivity index is 1.55. The zero-order valence-corrected chi connectivity index (χ0v) is 21.7. The van der Waals surface area contributed by atoms with Crippen LogP contribution in [-0.4, -0.2) is 66.7 Å². The van der Waals surface area contributed by atoms with Crippen LogP contribution in [-0.2, 0) is 14.3 Å². The molecule has 1 amide bonds. The molecule has 9 heteroatoms. The van der Waals surface area contributed by atoms with Crippen molar-refractivity contribution < 1.29 is 19.1 Å². The van der Waals surface area contributed by atoms with E-state index in [0.29, 0.717) is 29.6 Å². The molecule has 1 aromatic carbocycles. The number of nitrogens with zero attached hydrogens (tertiary/aromatic N) is 3. The van der Waals surface area contributed by atoms with E-state index in [2.05, 4.69) is 17.3 Å². The molecule has 2 atom stereocenters. The van der Waals surface area contributed by atoms with E-state index in [1.807, 2.05) is 41.5 Å². The summed E-state index contributed by atoms with van der Waals surface area (Å²) in [4.78, 5) is 35.0. The molecule has 3 heterocycles. The van der Waals surface area contributed by atoms with E-state index >= 15 is 0 Å². The van der Waals surface area contributed by atoms with E-state index in [0.717, 1.165) is 29.4 Å². The molecule has 1 fully saturated rings. The van der Waals surface area contributed by atoms with Gasteiger partial charge in [0.2, 0.25) is 5.91 Å². The van der Waals surface area contributed by atoms with E-state index in [4.69, 9.17) is 14.5 Å². The first kappa shape index (κ1) is 25.3. The first-order valence-corrected chi connectivity index (χ1v) is 13.0. The molecule has 8 nitrogen and oxygen atoms in total. The second-order valence-electron chi connectivity index (χ2n) is 8.98. The first-order chi connectivity index (χ1) is 16.9. The van der Waals surface area contributed by atoms with Crippen molar-refractivity contribution in [2.45, 2.75) is 51.6 Å². The summed E-state index contributed by atoms with van der Waals surface area (Å²) in [5.41, 5.74) is 2.78. The number of amidine groups is 1. The second kappa shape index (κ2) is 11.3. The fraction of sp³-hybridized carbons (Fsp3) is 0.500. The number of rotatable bonds is 9. The molecule has 1 aromatic rings. The summed E-state index contributed by atoms with van der Waals surface area (Å²) in [6.45, 7) is 5.67. The number of benzene rings is 1.